The number of carbonyl (C=O) groups is 1. The normalized spacial score (nSPS) is 11.3. The third kappa shape index (κ3) is 4.67. The van der Waals surface area contributed by atoms with Gasteiger partial charge < -0.3 is 9.72 Å². The van der Waals surface area contributed by atoms with Crippen LogP contribution in [0.25, 0.3) is 27.5 Å². The standard InChI is InChI=1S/C26H21N5O3S/c1-34-19-12-10-18(11-13-19)31-25(33)21-7-3-5-9-23(21)29-26(31)35-16-24(32)30-28-15-17-14-27-22-8-4-2-6-20(17)22/h2-15,27H,16H2,1H3,(H,30,32)/b28-15+. The number of nitrogens with one attached hydrogen (secondary N) is 2. The fraction of sp³-hybridized carbons (Fsp3) is 0.0769. The summed E-state index contributed by atoms with van der Waals surface area (Å²) in [5.74, 6) is 0.401. The number of ether oxygens (including phenoxy) is 1. The number of rotatable bonds is 7. The number of amides is 1. The van der Waals surface area contributed by atoms with E-state index in [9.17, 15) is 9.59 Å². The Bertz CT molecular complexity index is 1610. The van der Waals surface area contributed by atoms with E-state index in [0.717, 1.165) is 16.5 Å². The molecule has 5 rings (SSSR count). The van der Waals surface area contributed by atoms with Crippen molar-refractivity contribution in [1.29, 1.82) is 0 Å². The molecule has 2 heterocycles. The summed E-state index contributed by atoms with van der Waals surface area (Å²) in [6, 6.07) is 22.1. The molecule has 35 heavy (non-hydrogen) atoms. The lowest BCUT2D eigenvalue weighted by molar-refractivity contribution is -0.118. The van der Waals surface area contributed by atoms with E-state index < -0.39 is 0 Å². The molecule has 0 saturated carbocycles. The zero-order valence-electron chi connectivity index (χ0n) is 18.8. The van der Waals surface area contributed by atoms with Crippen molar-refractivity contribution in [1.82, 2.24) is 20.0 Å². The van der Waals surface area contributed by atoms with Gasteiger partial charge in [0, 0.05) is 22.7 Å². The number of hydrogen-bond acceptors (Lipinski definition) is 6. The summed E-state index contributed by atoms with van der Waals surface area (Å²) in [5.41, 5.74) is 5.41. The summed E-state index contributed by atoms with van der Waals surface area (Å²) in [7, 11) is 1.58. The van der Waals surface area contributed by atoms with Crippen molar-refractivity contribution < 1.29 is 9.53 Å². The van der Waals surface area contributed by atoms with Gasteiger partial charge in [-0.2, -0.15) is 5.10 Å². The largest absolute Gasteiger partial charge is 0.497 e. The Labute approximate surface area is 204 Å². The maximum atomic E-state index is 13.3. The number of carbonyl (C=O) groups excluding carboxylic acids is 1. The number of thioether (sulfide) groups is 1. The molecule has 2 N–H and O–H groups in total. The van der Waals surface area contributed by atoms with Crippen LogP contribution in [0.3, 0.4) is 0 Å². The number of benzene rings is 3. The van der Waals surface area contributed by atoms with E-state index in [1.165, 1.54) is 16.3 Å². The lowest BCUT2D eigenvalue weighted by Crippen LogP contribution is -2.24. The van der Waals surface area contributed by atoms with Crippen molar-refractivity contribution in [2.45, 2.75) is 5.16 Å². The molecule has 0 aliphatic rings. The van der Waals surface area contributed by atoms with E-state index in [0.29, 0.717) is 27.5 Å². The molecule has 0 atom stereocenters. The summed E-state index contributed by atoms with van der Waals surface area (Å²) in [6.45, 7) is 0. The SMILES string of the molecule is COc1ccc(-n2c(SCC(=O)N/N=C/c3c[nH]c4ccccc34)nc3ccccc3c2=O)cc1. The van der Waals surface area contributed by atoms with Gasteiger partial charge in [-0.3, -0.25) is 14.2 Å². The van der Waals surface area contributed by atoms with E-state index in [4.69, 9.17) is 4.74 Å². The Kier molecular flexibility index (Phi) is 6.32. The minimum Gasteiger partial charge on any atom is -0.497 e. The van der Waals surface area contributed by atoms with Crippen LogP contribution in [0.5, 0.6) is 5.75 Å². The predicted octanol–water partition coefficient (Wildman–Crippen LogP) is 4.12. The number of para-hydroxylation sites is 2. The van der Waals surface area contributed by atoms with Crippen LogP contribution in [0, 0.1) is 0 Å². The maximum absolute atomic E-state index is 13.3. The summed E-state index contributed by atoms with van der Waals surface area (Å²) >= 11 is 1.17. The minimum absolute atomic E-state index is 0.0339. The molecular formula is C26H21N5O3S. The Balaban J connectivity index is 1.37. The predicted molar refractivity (Wildman–Crippen MR) is 139 cm³/mol. The second-order valence-electron chi connectivity index (χ2n) is 7.62. The monoisotopic (exact) mass is 483 g/mol. The molecule has 0 fully saturated rings. The first-order valence-corrected chi connectivity index (χ1v) is 11.8. The Morgan fingerprint density at radius 3 is 2.63 bits per heavy atom. The zero-order chi connectivity index (χ0) is 24.2. The van der Waals surface area contributed by atoms with Crippen LogP contribution in [0.15, 0.2) is 94.0 Å². The average molecular weight is 484 g/mol. The highest BCUT2D eigenvalue weighted by Crippen LogP contribution is 2.23. The summed E-state index contributed by atoms with van der Waals surface area (Å²) < 4.78 is 6.74. The van der Waals surface area contributed by atoms with Crippen molar-refractivity contribution in [3.63, 3.8) is 0 Å². The number of aromatic nitrogens is 3. The smallest absolute Gasteiger partial charge is 0.266 e. The number of nitrogens with zero attached hydrogens (tertiary/aromatic N) is 3. The number of aromatic amines is 1. The third-order valence-electron chi connectivity index (χ3n) is 5.42. The highest BCUT2D eigenvalue weighted by molar-refractivity contribution is 7.99. The van der Waals surface area contributed by atoms with Gasteiger partial charge >= 0.3 is 0 Å². The van der Waals surface area contributed by atoms with Crippen LogP contribution < -0.4 is 15.7 Å². The van der Waals surface area contributed by atoms with Crippen molar-refractivity contribution >= 4 is 45.7 Å². The number of H-pyrrole nitrogens is 1. The summed E-state index contributed by atoms with van der Waals surface area (Å²) in [5, 5.41) is 6.01. The lowest BCUT2D eigenvalue weighted by atomic mass is 10.2. The van der Waals surface area contributed by atoms with Crippen LogP contribution in [0.4, 0.5) is 0 Å². The van der Waals surface area contributed by atoms with Crippen molar-refractivity contribution in [3.8, 4) is 11.4 Å². The van der Waals surface area contributed by atoms with Gasteiger partial charge in [-0.1, -0.05) is 42.1 Å². The van der Waals surface area contributed by atoms with Gasteiger partial charge in [-0.15, -0.1) is 0 Å². The minimum atomic E-state index is -0.310. The first-order chi connectivity index (χ1) is 17.1. The van der Waals surface area contributed by atoms with E-state index in [1.54, 1.807) is 55.8 Å². The van der Waals surface area contributed by atoms with E-state index in [-0.39, 0.29) is 17.2 Å². The number of hydrogen-bond donors (Lipinski definition) is 2. The maximum Gasteiger partial charge on any atom is 0.266 e. The number of hydrazone groups is 1. The molecule has 0 spiro atoms. The van der Waals surface area contributed by atoms with Gasteiger partial charge in [0.05, 0.1) is 35.7 Å². The van der Waals surface area contributed by atoms with Gasteiger partial charge in [0.15, 0.2) is 5.16 Å². The molecule has 1 amide bonds. The topological polar surface area (TPSA) is 101 Å². The second-order valence-corrected chi connectivity index (χ2v) is 8.56. The molecule has 5 aromatic rings. The average Bonchev–Trinajstić information content (AvgIpc) is 3.31. The molecule has 3 aromatic carbocycles. The van der Waals surface area contributed by atoms with E-state index in [1.807, 2.05) is 36.5 Å². The van der Waals surface area contributed by atoms with Gasteiger partial charge in [-0.05, 0) is 42.5 Å². The molecule has 0 radical (unpaired) electrons. The van der Waals surface area contributed by atoms with E-state index in [2.05, 4.69) is 20.5 Å². The summed E-state index contributed by atoms with van der Waals surface area (Å²) in [6.07, 6.45) is 3.44. The van der Waals surface area contributed by atoms with Gasteiger partial charge in [0.25, 0.3) is 11.5 Å². The third-order valence-corrected chi connectivity index (χ3v) is 6.36. The van der Waals surface area contributed by atoms with Gasteiger partial charge in [0.1, 0.15) is 5.75 Å². The molecule has 174 valence electrons. The first-order valence-electron chi connectivity index (χ1n) is 10.8. The van der Waals surface area contributed by atoms with Crippen molar-refractivity contribution in [2.24, 2.45) is 5.10 Å². The van der Waals surface area contributed by atoms with Crippen LogP contribution in [0.1, 0.15) is 5.56 Å². The Morgan fingerprint density at radius 1 is 1.09 bits per heavy atom. The lowest BCUT2D eigenvalue weighted by Gasteiger charge is -2.13. The van der Waals surface area contributed by atoms with E-state index >= 15 is 0 Å². The molecule has 0 saturated heterocycles. The quantitative estimate of drug-likeness (QED) is 0.157. The Hall–Kier alpha value is -4.37. The molecular weight excluding hydrogens is 462 g/mol. The highest BCUT2D eigenvalue weighted by Gasteiger charge is 2.15. The second kappa shape index (κ2) is 9.86. The van der Waals surface area contributed by atoms with Crippen LogP contribution in [-0.4, -0.2) is 39.5 Å². The Morgan fingerprint density at radius 2 is 1.83 bits per heavy atom. The molecule has 9 heteroatoms. The van der Waals surface area contributed by atoms with Crippen LogP contribution >= 0.6 is 11.8 Å². The number of fused-ring (bicyclic) bond motifs is 2. The van der Waals surface area contributed by atoms with Crippen molar-refractivity contribution in [2.75, 3.05) is 12.9 Å². The van der Waals surface area contributed by atoms with Crippen LogP contribution in [0.2, 0.25) is 0 Å². The number of methoxy groups -OCH3 is 1. The van der Waals surface area contributed by atoms with Crippen molar-refractivity contribution in [3.05, 3.63) is 94.9 Å². The first kappa shape index (κ1) is 22.4. The fourth-order valence-electron chi connectivity index (χ4n) is 3.71. The molecule has 0 aliphatic carbocycles. The fourth-order valence-corrected chi connectivity index (χ4v) is 4.51. The molecule has 8 nitrogen and oxygen atoms in total. The summed E-state index contributed by atoms with van der Waals surface area (Å²) in [4.78, 5) is 33.6. The molecule has 0 aliphatic heterocycles. The van der Waals surface area contributed by atoms with Gasteiger partial charge in [-0.25, -0.2) is 10.4 Å². The van der Waals surface area contributed by atoms with Crippen LogP contribution in [-0.2, 0) is 4.79 Å². The molecule has 0 unspecified atom stereocenters. The van der Waals surface area contributed by atoms with Gasteiger partial charge in [0.2, 0.25) is 0 Å². The molecule has 0 bridgehead atoms. The highest BCUT2D eigenvalue weighted by atomic mass is 32.2. The molecule has 2 aromatic heterocycles. The zero-order valence-corrected chi connectivity index (χ0v) is 19.6.